The molecule has 1 aromatic heterocycles. The number of hydrogen-bond donors (Lipinski definition) is 2. The average Bonchev–Trinajstić information content (AvgIpc) is 2.58. The normalized spacial score (nSPS) is 11.3. The SMILES string of the molecule is FC(F)(F)c1cnc(Nc2ccc(I)cc2)nc1Nc1ccccc1Br. The van der Waals surface area contributed by atoms with Crippen molar-refractivity contribution in [2.24, 2.45) is 0 Å². The van der Waals surface area contributed by atoms with E-state index < -0.39 is 11.7 Å². The Morgan fingerprint density at radius 3 is 2.31 bits per heavy atom. The van der Waals surface area contributed by atoms with Gasteiger partial charge in [0.05, 0.1) is 5.69 Å². The van der Waals surface area contributed by atoms with Gasteiger partial charge >= 0.3 is 6.18 Å². The van der Waals surface area contributed by atoms with Gasteiger partial charge < -0.3 is 10.6 Å². The van der Waals surface area contributed by atoms with Crippen molar-refractivity contribution >= 4 is 61.7 Å². The summed E-state index contributed by atoms with van der Waals surface area (Å²) in [6.07, 6.45) is -3.81. The molecule has 134 valence electrons. The molecule has 0 radical (unpaired) electrons. The number of nitrogens with zero attached hydrogens (tertiary/aromatic N) is 2. The van der Waals surface area contributed by atoms with Crippen LogP contribution in [0.25, 0.3) is 0 Å². The predicted octanol–water partition coefficient (Wildman–Crippen LogP) is 6.35. The molecule has 0 amide bonds. The van der Waals surface area contributed by atoms with Gasteiger partial charge in [-0.15, -0.1) is 0 Å². The van der Waals surface area contributed by atoms with E-state index in [1.807, 2.05) is 12.1 Å². The fraction of sp³-hybridized carbons (Fsp3) is 0.0588. The van der Waals surface area contributed by atoms with Crippen molar-refractivity contribution < 1.29 is 13.2 Å². The van der Waals surface area contributed by atoms with Crippen LogP contribution in [0, 0.1) is 3.57 Å². The Morgan fingerprint density at radius 2 is 1.65 bits per heavy atom. The lowest BCUT2D eigenvalue weighted by Gasteiger charge is -2.15. The molecule has 0 saturated carbocycles. The number of aromatic nitrogens is 2. The summed E-state index contributed by atoms with van der Waals surface area (Å²) >= 11 is 5.47. The standard InChI is InChI=1S/C17H11BrF3IN4/c18-13-3-1-2-4-14(13)25-15-12(17(19,20)21)9-23-16(26-15)24-11-7-5-10(22)6-8-11/h1-9H,(H2,23,24,25,26). The number of alkyl halides is 3. The monoisotopic (exact) mass is 534 g/mol. The third-order valence-corrected chi connectivity index (χ3v) is 4.73. The zero-order chi connectivity index (χ0) is 18.7. The molecule has 0 bridgehead atoms. The molecule has 9 heteroatoms. The van der Waals surface area contributed by atoms with Crippen LogP contribution in [0.1, 0.15) is 5.56 Å². The van der Waals surface area contributed by atoms with E-state index in [-0.39, 0.29) is 11.8 Å². The number of benzene rings is 2. The highest BCUT2D eigenvalue weighted by molar-refractivity contribution is 14.1. The summed E-state index contributed by atoms with van der Waals surface area (Å²) in [7, 11) is 0. The second kappa shape index (κ2) is 7.78. The fourth-order valence-corrected chi connectivity index (χ4v) is 2.84. The van der Waals surface area contributed by atoms with Crippen LogP contribution in [-0.4, -0.2) is 9.97 Å². The van der Waals surface area contributed by atoms with Crippen molar-refractivity contribution in [3.63, 3.8) is 0 Å². The minimum absolute atomic E-state index is 0.0637. The zero-order valence-corrected chi connectivity index (χ0v) is 16.7. The van der Waals surface area contributed by atoms with Crippen molar-refractivity contribution in [1.29, 1.82) is 0 Å². The molecule has 26 heavy (non-hydrogen) atoms. The lowest BCUT2D eigenvalue weighted by Crippen LogP contribution is -2.12. The number of halogens is 5. The third kappa shape index (κ3) is 4.64. The Morgan fingerprint density at radius 1 is 0.962 bits per heavy atom. The van der Waals surface area contributed by atoms with Crippen LogP contribution in [0.3, 0.4) is 0 Å². The van der Waals surface area contributed by atoms with E-state index in [9.17, 15) is 13.2 Å². The van der Waals surface area contributed by atoms with E-state index >= 15 is 0 Å². The quantitative estimate of drug-likeness (QED) is 0.383. The minimum Gasteiger partial charge on any atom is -0.339 e. The van der Waals surface area contributed by atoms with Gasteiger partial charge in [0.25, 0.3) is 0 Å². The van der Waals surface area contributed by atoms with Crippen LogP contribution in [0.4, 0.5) is 36.3 Å². The third-order valence-electron chi connectivity index (χ3n) is 3.32. The van der Waals surface area contributed by atoms with E-state index in [1.165, 1.54) is 0 Å². The molecule has 0 spiro atoms. The van der Waals surface area contributed by atoms with Gasteiger partial charge in [0, 0.05) is 19.9 Å². The van der Waals surface area contributed by atoms with Gasteiger partial charge in [-0.05, 0) is 74.9 Å². The van der Waals surface area contributed by atoms with Crippen LogP contribution in [0.5, 0.6) is 0 Å². The van der Waals surface area contributed by atoms with E-state index in [2.05, 4.69) is 59.1 Å². The second-order valence-corrected chi connectivity index (χ2v) is 7.29. The van der Waals surface area contributed by atoms with E-state index in [0.717, 1.165) is 9.77 Å². The summed E-state index contributed by atoms with van der Waals surface area (Å²) < 4.78 is 41.6. The first-order chi connectivity index (χ1) is 12.3. The lowest BCUT2D eigenvalue weighted by atomic mass is 10.2. The van der Waals surface area contributed by atoms with Crippen LogP contribution in [-0.2, 0) is 6.18 Å². The Kier molecular flexibility index (Phi) is 5.66. The molecular weight excluding hydrogens is 524 g/mol. The molecule has 0 unspecified atom stereocenters. The average molecular weight is 535 g/mol. The number of nitrogens with one attached hydrogen (secondary N) is 2. The predicted molar refractivity (Wildman–Crippen MR) is 107 cm³/mol. The molecule has 4 nitrogen and oxygen atoms in total. The van der Waals surface area contributed by atoms with Crippen molar-refractivity contribution in [3.05, 3.63) is 68.3 Å². The molecule has 2 aromatic carbocycles. The first kappa shape index (κ1) is 18.9. The maximum Gasteiger partial charge on any atom is 0.421 e. The Labute approximate surface area is 169 Å². The number of anilines is 4. The van der Waals surface area contributed by atoms with E-state index in [0.29, 0.717) is 15.8 Å². The number of para-hydroxylation sites is 1. The first-order valence-electron chi connectivity index (χ1n) is 7.31. The summed E-state index contributed by atoms with van der Waals surface area (Å²) in [4.78, 5) is 7.81. The highest BCUT2D eigenvalue weighted by Crippen LogP contribution is 2.36. The Hall–Kier alpha value is -1.88. The summed E-state index contributed by atoms with van der Waals surface area (Å²) in [5, 5.41) is 5.63. The molecule has 0 fully saturated rings. The Balaban J connectivity index is 1.96. The highest BCUT2D eigenvalue weighted by atomic mass is 127. The highest BCUT2D eigenvalue weighted by Gasteiger charge is 2.35. The molecule has 0 aliphatic rings. The largest absolute Gasteiger partial charge is 0.421 e. The van der Waals surface area contributed by atoms with Gasteiger partial charge in [0.1, 0.15) is 11.4 Å². The second-order valence-electron chi connectivity index (χ2n) is 5.19. The van der Waals surface area contributed by atoms with Gasteiger partial charge in [-0.1, -0.05) is 12.1 Å². The van der Waals surface area contributed by atoms with Crippen molar-refractivity contribution in [2.45, 2.75) is 6.18 Å². The fourth-order valence-electron chi connectivity index (χ4n) is 2.10. The van der Waals surface area contributed by atoms with E-state index in [4.69, 9.17) is 0 Å². The van der Waals surface area contributed by atoms with Crippen molar-refractivity contribution in [2.75, 3.05) is 10.6 Å². The van der Waals surface area contributed by atoms with Gasteiger partial charge in [0.15, 0.2) is 0 Å². The van der Waals surface area contributed by atoms with Crippen LogP contribution >= 0.6 is 38.5 Å². The van der Waals surface area contributed by atoms with Gasteiger partial charge in [0.2, 0.25) is 5.95 Å². The zero-order valence-electron chi connectivity index (χ0n) is 13.0. The van der Waals surface area contributed by atoms with E-state index in [1.54, 1.807) is 36.4 Å². The minimum atomic E-state index is -4.58. The topological polar surface area (TPSA) is 49.8 Å². The Bertz CT molecular complexity index is 917. The number of hydrogen-bond acceptors (Lipinski definition) is 4. The molecule has 2 N–H and O–H groups in total. The van der Waals surface area contributed by atoms with Crippen LogP contribution in [0.2, 0.25) is 0 Å². The summed E-state index contributed by atoms with van der Waals surface area (Å²) in [6.45, 7) is 0. The van der Waals surface area contributed by atoms with Crippen LogP contribution < -0.4 is 10.6 Å². The molecule has 3 rings (SSSR count). The molecule has 0 saturated heterocycles. The summed E-state index contributed by atoms with van der Waals surface area (Å²) in [5.74, 6) is -0.263. The first-order valence-corrected chi connectivity index (χ1v) is 9.18. The van der Waals surface area contributed by atoms with Gasteiger partial charge in [-0.2, -0.15) is 18.2 Å². The summed E-state index contributed by atoms with van der Waals surface area (Å²) in [6, 6.07) is 14.2. The number of rotatable bonds is 4. The van der Waals surface area contributed by atoms with Crippen LogP contribution in [0.15, 0.2) is 59.2 Å². The summed E-state index contributed by atoms with van der Waals surface area (Å²) in [5.41, 5.74) is 0.204. The molecule has 0 aliphatic carbocycles. The maximum absolute atomic E-state index is 13.3. The molecule has 0 aliphatic heterocycles. The van der Waals surface area contributed by atoms with Gasteiger partial charge in [-0.25, -0.2) is 4.98 Å². The molecule has 0 atom stereocenters. The molecular formula is C17H11BrF3IN4. The molecule has 3 aromatic rings. The maximum atomic E-state index is 13.3. The lowest BCUT2D eigenvalue weighted by molar-refractivity contribution is -0.137. The smallest absolute Gasteiger partial charge is 0.339 e. The van der Waals surface area contributed by atoms with Crippen molar-refractivity contribution in [1.82, 2.24) is 9.97 Å². The van der Waals surface area contributed by atoms with Gasteiger partial charge in [-0.3, -0.25) is 0 Å². The van der Waals surface area contributed by atoms with Crippen molar-refractivity contribution in [3.8, 4) is 0 Å². The molecule has 1 heterocycles.